The minimum Gasteiger partial charge on any atom is -0.461 e. The Balaban J connectivity index is 1.70. The van der Waals surface area contributed by atoms with E-state index in [1.54, 1.807) is 0 Å². The van der Waals surface area contributed by atoms with Crippen LogP contribution in [0.5, 0.6) is 0 Å². The Kier molecular flexibility index (Phi) is 8.59. The first-order valence-electron chi connectivity index (χ1n) is 12.8. The normalized spacial score (nSPS) is 24.1. The first-order chi connectivity index (χ1) is 18.3. The van der Waals surface area contributed by atoms with Gasteiger partial charge in [-0.2, -0.15) is 0 Å². The lowest BCUT2D eigenvalue weighted by Crippen LogP contribution is -2.55. The standard InChI is InChI=1S/C31H33NO6/c1-3-21-14-16-24(17-15-21)26-27(29(33)37-19-22-10-6-4-7-11-22)25(32-36)18-31(2,35)28(26)30(34)38-20-23-12-8-5-9-13-23/h4-17,26-28,35-36H,3,18-20H2,1-2H3/b32-25+/t26-,27+,28-,31+/m0/s1. The number of rotatable bonds is 8. The van der Waals surface area contributed by atoms with E-state index in [0.717, 1.165) is 23.1 Å². The second kappa shape index (κ2) is 12.0. The maximum Gasteiger partial charge on any atom is 0.315 e. The van der Waals surface area contributed by atoms with Gasteiger partial charge in [-0.15, -0.1) is 0 Å². The predicted molar refractivity (Wildman–Crippen MR) is 142 cm³/mol. The lowest BCUT2D eigenvalue weighted by atomic mass is 9.61. The molecule has 1 aliphatic rings. The SMILES string of the molecule is CCc1ccc([C@H]2[C@H](C(=O)OCc3ccccc3)/C(=N/O)C[C@@](C)(O)[C@@H]2C(=O)OCc2ccccc2)cc1. The summed E-state index contributed by atoms with van der Waals surface area (Å²) in [6.07, 6.45) is 0.625. The Morgan fingerprint density at radius 2 is 1.37 bits per heavy atom. The molecule has 3 aromatic carbocycles. The van der Waals surface area contributed by atoms with Crippen LogP contribution in [0.15, 0.2) is 90.1 Å². The van der Waals surface area contributed by atoms with E-state index in [4.69, 9.17) is 9.47 Å². The first kappa shape index (κ1) is 27.1. The van der Waals surface area contributed by atoms with Crippen LogP contribution in [-0.4, -0.2) is 33.6 Å². The molecule has 0 amide bonds. The van der Waals surface area contributed by atoms with Gasteiger partial charge in [0.05, 0.1) is 17.2 Å². The van der Waals surface area contributed by atoms with Gasteiger partial charge in [0.2, 0.25) is 0 Å². The van der Waals surface area contributed by atoms with E-state index in [2.05, 4.69) is 5.16 Å². The molecule has 7 heteroatoms. The molecule has 0 bridgehead atoms. The van der Waals surface area contributed by atoms with Crippen molar-refractivity contribution in [1.29, 1.82) is 0 Å². The molecule has 3 aromatic rings. The highest BCUT2D eigenvalue weighted by atomic mass is 16.5. The molecule has 2 N–H and O–H groups in total. The van der Waals surface area contributed by atoms with Gasteiger partial charge in [-0.1, -0.05) is 97.0 Å². The van der Waals surface area contributed by atoms with E-state index in [1.807, 2.05) is 91.9 Å². The molecule has 198 valence electrons. The van der Waals surface area contributed by atoms with Crippen molar-refractivity contribution in [3.05, 3.63) is 107 Å². The quantitative estimate of drug-likeness (QED) is 0.247. The molecular weight excluding hydrogens is 482 g/mol. The zero-order valence-corrected chi connectivity index (χ0v) is 21.6. The largest absolute Gasteiger partial charge is 0.461 e. The maximum atomic E-state index is 13.6. The number of ether oxygens (including phenoxy) is 2. The van der Waals surface area contributed by atoms with Gasteiger partial charge in [-0.05, 0) is 35.6 Å². The number of hydrogen-bond donors (Lipinski definition) is 2. The number of aliphatic hydroxyl groups is 1. The molecule has 0 spiro atoms. The van der Waals surface area contributed by atoms with Crippen molar-refractivity contribution in [2.24, 2.45) is 17.0 Å². The fraction of sp³-hybridized carbons (Fsp3) is 0.323. The average molecular weight is 516 g/mol. The molecule has 0 aromatic heterocycles. The van der Waals surface area contributed by atoms with E-state index in [-0.39, 0.29) is 25.3 Å². The minimum absolute atomic E-state index is 0.0237. The van der Waals surface area contributed by atoms with Gasteiger partial charge >= 0.3 is 11.9 Å². The fourth-order valence-corrected chi connectivity index (χ4v) is 5.15. The summed E-state index contributed by atoms with van der Waals surface area (Å²) >= 11 is 0. The third kappa shape index (κ3) is 6.11. The third-order valence-electron chi connectivity index (χ3n) is 7.14. The molecule has 0 heterocycles. The van der Waals surface area contributed by atoms with Crippen molar-refractivity contribution < 1.29 is 29.4 Å². The molecular formula is C31H33NO6. The summed E-state index contributed by atoms with van der Waals surface area (Å²) in [5.74, 6) is -4.35. The molecule has 0 radical (unpaired) electrons. The van der Waals surface area contributed by atoms with Crippen LogP contribution in [0, 0.1) is 11.8 Å². The van der Waals surface area contributed by atoms with E-state index in [9.17, 15) is 19.9 Å². The van der Waals surface area contributed by atoms with E-state index in [1.165, 1.54) is 6.92 Å². The summed E-state index contributed by atoms with van der Waals surface area (Å²) in [5, 5.41) is 24.8. The van der Waals surface area contributed by atoms with Crippen molar-refractivity contribution in [3.63, 3.8) is 0 Å². The van der Waals surface area contributed by atoms with Crippen molar-refractivity contribution in [2.75, 3.05) is 0 Å². The van der Waals surface area contributed by atoms with Crippen molar-refractivity contribution >= 4 is 17.7 Å². The Morgan fingerprint density at radius 1 is 0.842 bits per heavy atom. The van der Waals surface area contributed by atoms with E-state index >= 15 is 0 Å². The first-order valence-corrected chi connectivity index (χ1v) is 12.8. The van der Waals surface area contributed by atoms with Crippen LogP contribution in [0.1, 0.15) is 48.4 Å². The Bertz CT molecular complexity index is 1250. The Morgan fingerprint density at radius 3 is 1.87 bits per heavy atom. The number of hydrogen-bond acceptors (Lipinski definition) is 7. The number of nitrogens with zero attached hydrogens (tertiary/aromatic N) is 1. The molecule has 0 unspecified atom stereocenters. The van der Waals surface area contributed by atoms with Crippen molar-refractivity contribution in [1.82, 2.24) is 0 Å². The highest BCUT2D eigenvalue weighted by molar-refractivity contribution is 6.05. The van der Waals surface area contributed by atoms with Crippen LogP contribution in [0.25, 0.3) is 0 Å². The molecule has 7 nitrogen and oxygen atoms in total. The summed E-state index contributed by atoms with van der Waals surface area (Å²) in [4.78, 5) is 27.2. The predicted octanol–water partition coefficient (Wildman–Crippen LogP) is 5.04. The third-order valence-corrected chi connectivity index (χ3v) is 7.14. The zero-order chi connectivity index (χ0) is 27.1. The molecule has 38 heavy (non-hydrogen) atoms. The molecule has 4 rings (SSSR count). The zero-order valence-electron chi connectivity index (χ0n) is 21.6. The highest BCUT2D eigenvalue weighted by Crippen LogP contribution is 2.47. The molecule has 0 saturated heterocycles. The summed E-state index contributed by atoms with van der Waals surface area (Å²) in [6, 6.07) is 26.0. The lowest BCUT2D eigenvalue weighted by molar-refractivity contribution is -0.165. The van der Waals surface area contributed by atoms with Gasteiger partial charge in [-0.25, -0.2) is 0 Å². The van der Waals surface area contributed by atoms with Crippen LogP contribution in [0.4, 0.5) is 0 Å². The number of carbonyl (C=O) groups is 2. The molecule has 1 saturated carbocycles. The smallest absolute Gasteiger partial charge is 0.315 e. The van der Waals surface area contributed by atoms with Gasteiger partial charge in [0, 0.05) is 12.3 Å². The topological polar surface area (TPSA) is 105 Å². The second-order valence-corrected chi connectivity index (χ2v) is 9.89. The monoisotopic (exact) mass is 515 g/mol. The van der Waals surface area contributed by atoms with Crippen LogP contribution < -0.4 is 0 Å². The fourth-order valence-electron chi connectivity index (χ4n) is 5.15. The van der Waals surface area contributed by atoms with Gasteiger partial charge < -0.3 is 19.8 Å². The molecule has 4 atom stereocenters. The van der Waals surface area contributed by atoms with Crippen molar-refractivity contribution in [3.8, 4) is 0 Å². The van der Waals surface area contributed by atoms with Gasteiger partial charge in [0.25, 0.3) is 0 Å². The average Bonchev–Trinajstić information content (AvgIpc) is 2.94. The molecule has 1 aliphatic carbocycles. The number of carbonyl (C=O) groups excluding carboxylic acids is 2. The number of esters is 2. The number of aryl methyl sites for hydroxylation is 1. The number of oxime groups is 1. The van der Waals surface area contributed by atoms with Crippen LogP contribution >= 0.6 is 0 Å². The maximum absolute atomic E-state index is 13.6. The summed E-state index contributed by atoms with van der Waals surface area (Å²) in [6.45, 7) is 3.59. The van der Waals surface area contributed by atoms with Gasteiger partial charge in [0.15, 0.2) is 0 Å². The molecule has 0 aliphatic heterocycles. The van der Waals surface area contributed by atoms with Crippen LogP contribution in [0.3, 0.4) is 0 Å². The Labute approximate surface area is 222 Å². The van der Waals surface area contributed by atoms with Crippen LogP contribution in [-0.2, 0) is 38.7 Å². The van der Waals surface area contributed by atoms with Gasteiger partial charge in [0.1, 0.15) is 19.1 Å². The molecule has 1 fully saturated rings. The highest BCUT2D eigenvalue weighted by Gasteiger charge is 2.56. The van der Waals surface area contributed by atoms with Crippen molar-refractivity contribution in [2.45, 2.75) is 51.4 Å². The summed E-state index contributed by atoms with van der Waals surface area (Å²) in [7, 11) is 0. The summed E-state index contributed by atoms with van der Waals surface area (Å²) in [5.41, 5.74) is 1.75. The lowest BCUT2D eigenvalue weighted by Gasteiger charge is -2.44. The van der Waals surface area contributed by atoms with E-state index < -0.39 is 35.3 Å². The van der Waals surface area contributed by atoms with Gasteiger partial charge in [-0.3, -0.25) is 9.59 Å². The van der Waals surface area contributed by atoms with E-state index in [0.29, 0.717) is 5.56 Å². The Hall–Kier alpha value is -3.97. The van der Waals surface area contributed by atoms with Crippen LogP contribution in [0.2, 0.25) is 0 Å². The number of benzene rings is 3. The summed E-state index contributed by atoms with van der Waals surface area (Å²) < 4.78 is 11.3. The minimum atomic E-state index is -1.64. The second-order valence-electron chi connectivity index (χ2n) is 9.89.